The summed E-state index contributed by atoms with van der Waals surface area (Å²) in [6.45, 7) is 3.10. The number of carbonyl (C=O) groups is 1. The maximum absolute atomic E-state index is 11.6. The third-order valence-corrected chi connectivity index (χ3v) is 3.58. The van der Waals surface area contributed by atoms with Crippen LogP contribution in [0.15, 0.2) is 28.9 Å². The number of nitro groups is 1. The van der Waals surface area contributed by atoms with E-state index in [-0.39, 0.29) is 11.5 Å². The van der Waals surface area contributed by atoms with Gasteiger partial charge >= 0.3 is 0 Å². The van der Waals surface area contributed by atoms with Crippen molar-refractivity contribution in [1.29, 1.82) is 0 Å². The minimum Gasteiger partial charge on any atom is -0.299 e. The molecule has 2 aromatic rings. The maximum atomic E-state index is 11.6. The second kappa shape index (κ2) is 5.05. The Morgan fingerprint density at radius 3 is 2.74 bits per heavy atom. The summed E-state index contributed by atoms with van der Waals surface area (Å²) in [6, 6.07) is 5.33. The molecule has 0 amide bonds. The Labute approximate surface area is 117 Å². The number of aromatic nitrogens is 1. The molecule has 0 aliphatic rings. The Morgan fingerprint density at radius 2 is 2.16 bits per heavy atom. The monoisotopic (exact) mass is 322 g/mol. The van der Waals surface area contributed by atoms with E-state index in [9.17, 15) is 14.9 Å². The van der Waals surface area contributed by atoms with Gasteiger partial charge in [-0.3, -0.25) is 14.9 Å². The van der Waals surface area contributed by atoms with Crippen molar-refractivity contribution >= 4 is 38.3 Å². The molecule has 0 aliphatic heterocycles. The van der Waals surface area contributed by atoms with E-state index in [1.807, 2.05) is 6.07 Å². The van der Waals surface area contributed by atoms with Crippen LogP contribution in [0.1, 0.15) is 25.3 Å². The summed E-state index contributed by atoms with van der Waals surface area (Å²) < 4.78 is 0.791. The largest absolute Gasteiger partial charge is 0.299 e. The number of halogens is 1. The lowest BCUT2D eigenvalue weighted by Crippen LogP contribution is -2.08. The number of benzene rings is 1. The molecule has 1 aromatic carbocycles. The summed E-state index contributed by atoms with van der Waals surface area (Å²) in [4.78, 5) is 26.3. The molecule has 0 saturated heterocycles. The van der Waals surface area contributed by atoms with Crippen LogP contribution < -0.4 is 0 Å². The van der Waals surface area contributed by atoms with Gasteiger partial charge in [-0.25, -0.2) is 4.98 Å². The minimum absolute atomic E-state index is 0.115. The van der Waals surface area contributed by atoms with Gasteiger partial charge in [0.05, 0.1) is 16.0 Å². The predicted molar refractivity (Wildman–Crippen MR) is 75.2 cm³/mol. The number of fused-ring (bicyclic) bond motifs is 1. The van der Waals surface area contributed by atoms with Gasteiger partial charge < -0.3 is 0 Å². The van der Waals surface area contributed by atoms with Gasteiger partial charge in [0, 0.05) is 15.8 Å². The van der Waals surface area contributed by atoms with Crippen LogP contribution >= 0.6 is 15.9 Å². The summed E-state index contributed by atoms with van der Waals surface area (Å²) in [5.74, 6) is -0.657. The molecule has 0 saturated carbocycles. The standard InChI is InChI=1S/C13H11BrN2O3/c1-7(8(2)17)13-10-5-9(14)3-4-11(10)15-6-12(13)16(18)19/h3-7H,1-2H3. The molecule has 1 atom stereocenters. The van der Waals surface area contributed by atoms with E-state index in [4.69, 9.17) is 0 Å². The first kappa shape index (κ1) is 13.6. The number of hydrogen-bond donors (Lipinski definition) is 0. The quantitative estimate of drug-likeness (QED) is 0.639. The number of nitrogens with zero attached hydrogens (tertiary/aromatic N) is 2. The number of carbonyl (C=O) groups excluding carboxylic acids is 1. The SMILES string of the molecule is CC(=O)C(C)c1c([N+](=O)[O-])cnc2ccc(Br)cc12. The van der Waals surface area contributed by atoms with Crippen LogP contribution in [0.4, 0.5) is 5.69 Å². The average Bonchev–Trinajstić information content (AvgIpc) is 2.36. The second-order valence-corrected chi connectivity index (χ2v) is 5.22. The van der Waals surface area contributed by atoms with Crippen LogP contribution in [0.25, 0.3) is 10.9 Å². The first-order valence-corrected chi connectivity index (χ1v) is 6.44. The van der Waals surface area contributed by atoms with Gasteiger partial charge in [0.1, 0.15) is 12.0 Å². The Hall–Kier alpha value is -1.82. The molecule has 2 rings (SSSR count). The first-order chi connectivity index (χ1) is 8.91. The van der Waals surface area contributed by atoms with E-state index in [1.54, 1.807) is 19.1 Å². The Balaban J connectivity index is 2.86. The zero-order chi connectivity index (χ0) is 14.2. The van der Waals surface area contributed by atoms with Crippen LogP contribution in [-0.4, -0.2) is 15.7 Å². The van der Waals surface area contributed by atoms with Crippen molar-refractivity contribution in [3.8, 4) is 0 Å². The Bertz CT molecular complexity index is 685. The molecule has 98 valence electrons. The van der Waals surface area contributed by atoms with Crippen LogP contribution in [0.3, 0.4) is 0 Å². The van der Waals surface area contributed by atoms with Crippen molar-refractivity contribution in [1.82, 2.24) is 4.98 Å². The number of pyridine rings is 1. The maximum Gasteiger partial charge on any atom is 0.292 e. The fourth-order valence-corrected chi connectivity index (χ4v) is 2.34. The predicted octanol–water partition coefficient (Wildman–Crippen LogP) is 3.60. The van der Waals surface area contributed by atoms with Crippen molar-refractivity contribution in [2.24, 2.45) is 0 Å². The van der Waals surface area contributed by atoms with Crippen LogP contribution in [-0.2, 0) is 4.79 Å². The van der Waals surface area contributed by atoms with E-state index < -0.39 is 10.8 Å². The number of hydrogen-bond acceptors (Lipinski definition) is 4. The van der Waals surface area contributed by atoms with E-state index in [1.165, 1.54) is 13.1 Å². The van der Waals surface area contributed by atoms with Crippen LogP contribution in [0, 0.1) is 10.1 Å². The fraction of sp³-hybridized carbons (Fsp3) is 0.231. The topological polar surface area (TPSA) is 73.1 Å². The van der Waals surface area contributed by atoms with E-state index in [2.05, 4.69) is 20.9 Å². The van der Waals surface area contributed by atoms with Gasteiger partial charge in [-0.05, 0) is 25.1 Å². The van der Waals surface area contributed by atoms with Gasteiger partial charge in [0.2, 0.25) is 0 Å². The molecule has 0 bridgehead atoms. The van der Waals surface area contributed by atoms with Gasteiger partial charge in [-0.1, -0.05) is 22.9 Å². The molecule has 1 heterocycles. The van der Waals surface area contributed by atoms with Gasteiger partial charge in [-0.2, -0.15) is 0 Å². The molecule has 5 nitrogen and oxygen atoms in total. The highest BCUT2D eigenvalue weighted by atomic mass is 79.9. The Kier molecular flexibility index (Phi) is 3.61. The van der Waals surface area contributed by atoms with Crippen LogP contribution in [0.5, 0.6) is 0 Å². The zero-order valence-corrected chi connectivity index (χ0v) is 12.0. The van der Waals surface area contributed by atoms with Crippen molar-refractivity contribution < 1.29 is 9.72 Å². The lowest BCUT2D eigenvalue weighted by atomic mass is 9.93. The van der Waals surface area contributed by atoms with Crippen molar-refractivity contribution in [3.63, 3.8) is 0 Å². The summed E-state index contributed by atoms with van der Waals surface area (Å²) >= 11 is 3.33. The van der Waals surface area contributed by atoms with Crippen molar-refractivity contribution in [2.45, 2.75) is 19.8 Å². The molecule has 1 aromatic heterocycles. The molecule has 0 spiro atoms. The summed E-state index contributed by atoms with van der Waals surface area (Å²) in [5.41, 5.74) is 0.939. The fourth-order valence-electron chi connectivity index (χ4n) is 1.98. The summed E-state index contributed by atoms with van der Waals surface area (Å²) in [7, 11) is 0. The first-order valence-electron chi connectivity index (χ1n) is 5.65. The normalized spacial score (nSPS) is 12.4. The lowest BCUT2D eigenvalue weighted by Gasteiger charge is -2.12. The van der Waals surface area contributed by atoms with Gasteiger partial charge in [0.15, 0.2) is 0 Å². The third-order valence-electron chi connectivity index (χ3n) is 3.09. The Morgan fingerprint density at radius 1 is 1.47 bits per heavy atom. The molecular weight excluding hydrogens is 312 g/mol. The lowest BCUT2D eigenvalue weighted by molar-refractivity contribution is -0.385. The van der Waals surface area contributed by atoms with Crippen molar-refractivity contribution in [3.05, 3.63) is 44.5 Å². The third kappa shape index (κ3) is 2.49. The molecule has 0 N–H and O–H groups in total. The number of ketones is 1. The average molecular weight is 323 g/mol. The highest BCUT2D eigenvalue weighted by molar-refractivity contribution is 9.10. The van der Waals surface area contributed by atoms with E-state index in [0.717, 1.165) is 4.47 Å². The van der Waals surface area contributed by atoms with Crippen molar-refractivity contribution in [2.75, 3.05) is 0 Å². The molecule has 6 heteroatoms. The molecule has 0 aliphatic carbocycles. The molecule has 0 fully saturated rings. The minimum atomic E-state index is -0.541. The molecule has 19 heavy (non-hydrogen) atoms. The molecule has 1 unspecified atom stereocenters. The van der Waals surface area contributed by atoms with E-state index >= 15 is 0 Å². The van der Waals surface area contributed by atoms with Gasteiger partial charge in [0.25, 0.3) is 5.69 Å². The zero-order valence-electron chi connectivity index (χ0n) is 10.4. The number of rotatable bonds is 3. The summed E-state index contributed by atoms with van der Waals surface area (Å²) in [5, 5.41) is 11.8. The smallest absolute Gasteiger partial charge is 0.292 e. The second-order valence-electron chi connectivity index (χ2n) is 4.31. The highest BCUT2D eigenvalue weighted by Crippen LogP contribution is 2.34. The number of Topliss-reactive ketones (excluding diaryl/α,β-unsaturated/α-hetero) is 1. The van der Waals surface area contributed by atoms with E-state index in [0.29, 0.717) is 16.5 Å². The molecule has 0 radical (unpaired) electrons. The van der Waals surface area contributed by atoms with Gasteiger partial charge in [-0.15, -0.1) is 0 Å². The summed E-state index contributed by atoms with van der Waals surface area (Å²) in [6.07, 6.45) is 1.21. The molecular formula is C13H11BrN2O3. The van der Waals surface area contributed by atoms with Crippen LogP contribution in [0.2, 0.25) is 0 Å². The highest BCUT2D eigenvalue weighted by Gasteiger charge is 2.25.